The van der Waals surface area contributed by atoms with E-state index >= 15 is 0 Å². The molecule has 3 aromatic carbocycles. The third-order valence-electron chi connectivity index (χ3n) is 4.32. The van der Waals surface area contributed by atoms with Crippen LogP contribution in [0, 0.1) is 10.1 Å². The van der Waals surface area contributed by atoms with Crippen molar-refractivity contribution in [3.05, 3.63) is 88.0 Å². The highest BCUT2D eigenvalue weighted by molar-refractivity contribution is 7.89. The van der Waals surface area contributed by atoms with Crippen molar-refractivity contribution in [1.82, 2.24) is 0 Å². The number of primary sulfonamides is 1. The first-order chi connectivity index (χ1) is 15.3. The zero-order valence-corrected chi connectivity index (χ0v) is 17.8. The van der Waals surface area contributed by atoms with Gasteiger partial charge in [0, 0.05) is 12.1 Å². The van der Waals surface area contributed by atoms with Gasteiger partial charge in [-0.05, 0) is 65.7 Å². The maximum atomic E-state index is 11.3. The molecule has 0 heterocycles. The molecule has 3 aromatic rings. The molecule has 0 bridgehead atoms. The van der Waals surface area contributed by atoms with E-state index in [1.165, 1.54) is 31.4 Å². The number of nitrogens with zero attached hydrogens (tertiary/aromatic N) is 2. The second kappa shape index (κ2) is 9.90. The Morgan fingerprint density at radius 1 is 1.06 bits per heavy atom. The Bertz CT molecular complexity index is 1230. The van der Waals surface area contributed by atoms with Gasteiger partial charge in [0.2, 0.25) is 10.0 Å². The van der Waals surface area contributed by atoms with Crippen molar-refractivity contribution in [2.75, 3.05) is 12.5 Å². The lowest BCUT2D eigenvalue weighted by molar-refractivity contribution is -0.384. The van der Waals surface area contributed by atoms with E-state index in [4.69, 9.17) is 14.6 Å². The molecule has 0 amide bonds. The first kappa shape index (κ1) is 22.7. The Balaban J connectivity index is 1.62. The van der Waals surface area contributed by atoms with Gasteiger partial charge in [0.1, 0.15) is 6.61 Å². The molecule has 3 N–H and O–H groups in total. The molecule has 32 heavy (non-hydrogen) atoms. The topological polar surface area (TPSA) is 146 Å². The number of methoxy groups -OCH3 is 1. The fourth-order valence-electron chi connectivity index (χ4n) is 2.66. The molecule has 0 aliphatic carbocycles. The minimum atomic E-state index is -3.74. The van der Waals surface area contributed by atoms with Gasteiger partial charge in [-0.3, -0.25) is 15.5 Å². The highest BCUT2D eigenvalue weighted by Gasteiger charge is 2.08. The molecular weight excluding hydrogens is 436 g/mol. The monoisotopic (exact) mass is 456 g/mol. The number of hydrazone groups is 1. The highest BCUT2D eigenvalue weighted by Crippen LogP contribution is 2.28. The Labute approximate surface area is 184 Å². The molecule has 10 nitrogen and oxygen atoms in total. The van der Waals surface area contributed by atoms with E-state index in [9.17, 15) is 18.5 Å². The molecule has 0 unspecified atom stereocenters. The minimum Gasteiger partial charge on any atom is -0.493 e. The Hall–Kier alpha value is -3.96. The summed E-state index contributed by atoms with van der Waals surface area (Å²) in [5.74, 6) is 1.00. The SMILES string of the molecule is COc1cc(C=NNc2ccc(S(N)(=O)=O)cc2)ccc1OCc1ccc([N+](=O)[O-])cc1. The summed E-state index contributed by atoms with van der Waals surface area (Å²) in [5, 5.41) is 19.9. The second-order valence-corrected chi connectivity index (χ2v) is 8.12. The van der Waals surface area contributed by atoms with E-state index in [0.29, 0.717) is 17.2 Å². The average molecular weight is 456 g/mol. The fourth-order valence-corrected chi connectivity index (χ4v) is 3.17. The number of ether oxygens (including phenoxy) is 2. The predicted molar refractivity (Wildman–Crippen MR) is 119 cm³/mol. The quantitative estimate of drug-likeness (QED) is 0.285. The summed E-state index contributed by atoms with van der Waals surface area (Å²) in [4.78, 5) is 10.3. The van der Waals surface area contributed by atoms with Gasteiger partial charge in [0.15, 0.2) is 11.5 Å². The van der Waals surface area contributed by atoms with Crippen LogP contribution in [-0.2, 0) is 16.6 Å². The Morgan fingerprint density at radius 2 is 1.75 bits per heavy atom. The molecule has 0 spiro atoms. The number of sulfonamides is 1. The van der Waals surface area contributed by atoms with Crippen LogP contribution in [0.15, 0.2) is 76.7 Å². The number of non-ortho nitro benzene ring substituents is 1. The molecule has 0 aromatic heterocycles. The van der Waals surface area contributed by atoms with Gasteiger partial charge in [0.05, 0.1) is 28.8 Å². The Morgan fingerprint density at radius 3 is 2.34 bits per heavy atom. The molecule has 166 valence electrons. The lowest BCUT2D eigenvalue weighted by Gasteiger charge is -2.11. The van der Waals surface area contributed by atoms with E-state index in [2.05, 4.69) is 10.5 Å². The van der Waals surface area contributed by atoms with Crippen molar-refractivity contribution in [3.8, 4) is 11.5 Å². The van der Waals surface area contributed by atoms with Crippen LogP contribution < -0.4 is 20.0 Å². The first-order valence-corrected chi connectivity index (χ1v) is 10.8. The number of nitro benzene ring substituents is 1. The van der Waals surface area contributed by atoms with Crippen LogP contribution in [0.25, 0.3) is 0 Å². The fraction of sp³-hybridized carbons (Fsp3) is 0.0952. The Kier molecular flexibility index (Phi) is 7.03. The van der Waals surface area contributed by atoms with E-state index in [0.717, 1.165) is 11.1 Å². The van der Waals surface area contributed by atoms with E-state index in [1.807, 2.05) is 0 Å². The summed E-state index contributed by atoms with van der Waals surface area (Å²) in [5.41, 5.74) is 4.91. The van der Waals surface area contributed by atoms with Gasteiger partial charge in [-0.25, -0.2) is 13.6 Å². The van der Waals surface area contributed by atoms with E-state index in [-0.39, 0.29) is 17.2 Å². The van der Waals surface area contributed by atoms with E-state index < -0.39 is 14.9 Å². The molecule has 0 atom stereocenters. The van der Waals surface area contributed by atoms with Crippen LogP contribution in [0.3, 0.4) is 0 Å². The maximum absolute atomic E-state index is 11.3. The number of rotatable bonds is 9. The average Bonchev–Trinajstić information content (AvgIpc) is 2.78. The standard InChI is InChI=1S/C21H20N4O6S/c1-30-21-12-16(13-23-24-17-5-9-19(10-6-17)32(22,28)29)4-11-20(21)31-14-15-2-7-18(8-3-15)25(26)27/h2-13,24H,14H2,1H3,(H2,22,28,29). The molecule has 0 saturated heterocycles. The minimum absolute atomic E-state index is 0.0149. The first-order valence-electron chi connectivity index (χ1n) is 9.22. The molecule has 0 aliphatic rings. The van der Waals surface area contributed by atoms with Gasteiger partial charge >= 0.3 is 0 Å². The van der Waals surface area contributed by atoms with Crippen LogP contribution in [0.2, 0.25) is 0 Å². The third-order valence-corrected chi connectivity index (χ3v) is 5.25. The lowest BCUT2D eigenvalue weighted by atomic mass is 10.2. The number of anilines is 1. The number of nitro groups is 1. The molecule has 11 heteroatoms. The summed E-state index contributed by atoms with van der Waals surface area (Å²) >= 11 is 0. The van der Waals surface area contributed by atoms with Crippen LogP contribution >= 0.6 is 0 Å². The summed E-state index contributed by atoms with van der Waals surface area (Å²) < 4.78 is 33.7. The molecule has 0 fully saturated rings. The van der Waals surface area contributed by atoms with Gasteiger partial charge < -0.3 is 9.47 Å². The van der Waals surface area contributed by atoms with Crippen molar-refractivity contribution in [1.29, 1.82) is 0 Å². The normalized spacial score (nSPS) is 11.3. The molecule has 3 rings (SSSR count). The van der Waals surface area contributed by atoms with Gasteiger partial charge in [0.25, 0.3) is 5.69 Å². The summed E-state index contributed by atoms with van der Waals surface area (Å²) in [7, 11) is -2.23. The lowest BCUT2D eigenvalue weighted by Crippen LogP contribution is -2.11. The summed E-state index contributed by atoms with van der Waals surface area (Å²) in [6.45, 7) is 0.220. The molecule has 0 radical (unpaired) electrons. The van der Waals surface area contributed by atoms with Crippen molar-refractivity contribution < 1.29 is 22.8 Å². The molecular formula is C21H20N4O6S. The highest BCUT2D eigenvalue weighted by atomic mass is 32.2. The largest absolute Gasteiger partial charge is 0.493 e. The number of nitrogens with two attached hydrogens (primary N) is 1. The second-order valence-electron chi connectivity index (χ2n) is 6.56. The molecule has 0 aliphatic heterocycles. The van der Waals surface area contributed by atoms with Crippen molar-refractivity contribution in [3.63, 3.8) is 0 Å². The summed E-state index contributed by atoms with van der Waals surface area (Å²) in [6.07, 6.45) is 1.57. The summed E-state index contributed by atoms with van der Waals surface area (Å²) in [6, 6.07) is 17.2. The number of hydrogen-bond donors (Lipinski definition) is 2. The molecule has 0 saturated carbocycles. The van der Waals surface area contributed by atoms with Gasteiger partial charge in [-0.15, -0.1) is 0 Å². The van der Waals surface area contributed by atoms with Crippen LogP contribution in [0.1, 0.15) is 11.1 Å². The van der Waals surface area contributed by atoms with Crippen molar-refractivity contribution in [2.45, 2.75) is 11.5 Å². The number of nitrogens with one attached hydrogen (secondary N) is 1. The van der Waals surface area contributed by atoms with Gasteiger partial charge in [-0.2, -0.15) is 5.10 Å². The predicted octanol–water partition coefficient (Wildman–Crippen LogP) is 3.28. The smallest absolute Gasteiger partial charge is 0.269 e. The van der Waals surface area contributed by atoms with E-state index in [1.54, 1.807) is 48.7 Å². The third kappa shape index (κ3) is 6.03. The van der Waals surface area contributed by atoms with Crippen LogP contribution in [0.4, 0.5) is 11.4 Å². The number of hydrogen-bond acceptors (Lipinski definition) is 8. The maximum Gasteiger partial charge on any atom is 0.269 e. The zero-order valence-electron chi connectivity index (χ0n) is 17.0. The van der Waals surface area contributed by atoms with Gasteiger partial charge in [-0.1, -0.05) is 0 Å². The van der Waals surface area contributed by atoms with Crippen LogP contribution in [0.5, 0.6) is 11.5 Å². The van der Waals surface area contributed by atoms with Crippen molar-refractivity contribution in [2.24, 2.45) is 10.2 Å². The zero-order chi connectivity index (χ0) is 23.1. The van der Waals surface area contributed by atoms with Crippen LogP contribution in [-0.4, -0.2) is 26.7 Å². The van der Waals surface area contributed by atoms with Crippen molar-refractivity contribution >= 4 is 27.6 Å². The number of benzene rings is 3.